The van der Waals surface area contributed by atoms with Crippen molar-refractivity contribution in [1.29, 1.82) is 0 Å². The van der Waals surface area contributed by atoms with E-state index in [1.807, 2.05) is 0 Å². The number of unbranched alkanes of at least 4 members (excludes halogenated alkanes) is 4. The van der Waals surface area contributed by atoms with Crippen molar-refractivity contribution in [1.82, 2.24) is 0 Å². The summed E-state index contributed by atoms with van der Waals surface area (Å²) in [5, 5.41) is 0. The first kappa shape index (κ1) is 20.7. The second-order valence-corrected chi connectivity index (χ2v) is 8.38. The van der Waals surface area contributed by atoms with Crippen LogP contribution in [0.15, 0.2) is 60.7 Å². The third kappa shape index (κ3) is 6.29. The van der Waals surface area contributed by atoms with Crippen molar-refractivity contribution in [2.24, 2.45) is 0 Å². The van der Waals surface area contributed by atoms with Crippen LogP contribution < -0.4 is 0 Å². The molecule has 1 atom stereocenters. The highest BCUT2D eigenvalue weighted by atomic mass is 15.3. The Morgan fingerprint density at radius 2 is 1.23 bits per heavy atom. The van der Waals surface area contributed by atoms with Gasteiger partial charge in [-0.3, -0.25) is 0 Å². The molecule has 2 aromatic rings. The highest BCUT2D eigenvalue weighted by molar-refractivity contribution is 5.32. The minimum Gasteiger partial charge on any atom is -0.326 e. The first-order valence-corrected chi connectivity index (χ1v) is 10.5. The van der Waals surface area contributed by atoms with Crippen LogP contribution in [0.4, 0.5) is 0 Å². The highest BCUT2D eigenvalue weighted by Crippen LogP contribution is 2.31. The molecule has 0 N–H and O–H groups in total. The van der Waals surface area contributed by atoms with Gasteiger partial charge in [-0.25, -0.2) is 0 Å². The summed E-state index contributed by atoms with van der Waals surface area (Å²) >= 11 is 0. The molecule has 0 saturated heterocycles. The fourth-order valence-electron chi connectivity index (χ4n) is 3.81. The monoisotopic (exact) mass is 352 g/mol. The standard InChI is InChI=1S/C25H38N/c1-5-6-7-8-15-20-26(3,4)22(2)21-25(23-16-11-9-12-17-23)24-18-13-10-14-19-24/h9-14,16-19,22,25H,5-8,15,20-21H2,1-4H3/q+1. The molecule has 0 spiro atoms. The summed E-state index contributed by atoms with van der Waals surface area (Å²) < 4.78 is 1.11. The molecule has 0 fully saturated rings. The summed E-state index contributed by atoms with van der Waals surface area (Å²) in [6.07, 6.45) is 8.01. The first-order chi connectivity index (χ1) is 12.5. The summed E-state index contributed by atoms with van der Waals surface area (Å²) in [5.74, 6) is 0.477. The van der Waals surface area contributed by atoms with Gasteiger partial charge < -0.3 is 4.48 Å². The molecule has 2 aromatic carbocycles. The van der Waals surface area contributed by atoms with E-state index >= 15 is 0 Å². The van der Waals surface area contributed by atoms with Gasteiger partial charge in [0.25, 0.3) is 0 Å². The average Bonchev–Trinajstić information content (AvgIpc) is 2.67. The number of benzene rings is 2. The molecule has 1 unspecified atom stereocenters. The summed E-state index contributed by atoms with van der Waals surface area (Å²) in [6, 6.07) is 22.7. The van der Waals surface area contributed by atoms with Crippen LogP contribution in [-0.4, -0.2) is 31.2 Å². The average molecular weight is 353 g/mol. The van der Waals surface area contributed by atoms with Crippen molar-refractivity contribution in [2.45, 2.75) is 64.3 Å². The molecule has 1 nitrogen and oxygen atoms in total. The zero-order chi connectivity index (χ0) is 18.8. The smallest absolute Gasteiger partial charge is 0.0866 e. The lowest BCUT2D eigenvalue weighted by Crippen LogP contribution is -2.48. The van der Waals surface area contributed by atoms with Gasteiger partial charge in [-0.2, -0.15) is 0 Å². The lowest BCUT2D eigenvalue weighted by atomic mass is 9.85. The summed E-state index contributed by atoms with van der Waals surface area (Å²) in [7, 11) is 4.83. The lowest BCUT2D eigenvalue weighted by molar-refractivity contribution is -0.913. The van der Waals surface area contributed by atoms with Crippen LogP contribution in [0.5, 0.6) is 0 Å². The SMILES string of the molecule is CCCCCCC[N+](C)(C)C(C)CC(c1ccccc1)c1ccccc1. The van der Waals surface area contributed by atoms with E-state index in [4.69, 9.17) is 0 Å². The number of rotatable bonds is 11. The molecule has 0 saturated carbocycles. The van der Waals surface area contributed by atoms with E-state index in [1.54, 1.807) is 0 Å². The Bertz CT molecular complexity index is 563. The van der Waals surface area contributed by atoms with E-state index in [0.717, 1.165) is 4.48 Å². The van der Waals surface area contributed by atoms with Crippen molar-refractivity contribution in [3.8, 4) is 0 Å². The van der Waals surface area contributed by atoms with E-state index in [-0.39, 0.29) is 0 Å². The Labute approximate surface area is 161 Å². The fraction of sp³-hybridized carbons (Fsp3) is 0.520. The molecular formula is C25H38N+. The Kier molecular flexibility index (Phi) is 8.38. The van der Waals surface area contributed by atoms with Crippen molar-refractivity contribution >= 4 is 0 Å². The summed E-state index contributed by atoms with van der Waals surface area (Å²) in [6.45, 7) is 6.00. The normalized spacial score (nSPS) is 13.1. The van der Waals surface area contributed by atoms with Crippen molar-refractivity contribution in [3.63, 3.8) is 0 Å². The van der Waals surface area contributed by atoms with Crippen LogP contribution in [0.25, 0.3) is 0 Å². The molecule has 0 aromatic heterocycles. The Morgan fingerprint density at radius 1 is 0.731 bits per heavy atom. The molecule has 0 aliphatic carbocycles. The maximum Gasteiger partial charge on any atom is 0.0866 e. The minimum atomic E-state index is 0.477. The molecule has 0 radical (unpaired) electrons. The fourth-order valence-corrected chi connectivity index (χ4v) is 3.81. The number of nitrogens with zero attached hydrogens (tertiary/aromatic N) is 1. The van der Waals surface area contributed by atoms with E-state index < -0.39 is 0 Å². The van der Waals surface area contributed by atoms with Crippen molar-refractivity contribution < 1.29 is 4.48 Å². The molecule has 26 heavy (non-hydrogen) atoms. The first-order valence-electron chi connectivity index (χ1n) is 10.5. The Morgan fingerprint density at radius 3 is 1.73 bits per heavy atom. The second kappa shape index (κ2) is 10.5. The van der Waals surface area contributed by atoms with E-state index in [2.05, 4.69) is 88.6 Å². The number of quaternary nitrogens is 1. The lowest BCUT2D eigenvalue weighted by Gasteiger charge is -2.38. The summed E-state index contributed by atoms with van der Waals surface area (Å²) in [4.78, 5) is 0. The number of hydrogen-bond donors (Lipinski definition) is 0. The third-order valence-electron chi connectivity index (χ3n) is 6.01. The molecule has 0 aliphatic rings. The van der Waals surface area contributed by atoms with Gasteiger partial charge in [-0.1, -0.05) is 86.8 Å². The highest BCUT2D eigenvalue weighted by Gasteiger charge is 2.28. The number of hydrogen-bond acceptors (Lipinski definition) is 0. The van der Waals surface area contributed by atoms with Crippen LogP contribution in [0.1, 0.15) is 69.4 Å². The zero-order valence-corrected chi connectivity index (χ0v) is 17.3. The van der Waals surface area contributed by atoms with Crippen LogP contribution >= 0.6 is 0 Å². The molecule has 1 heteroatoms. The molecule has 0 amide bonds. The van der Waals surface area contributed by atoms with Gasteiger partial charge in [-0.15, -0.1) is 0 Å². The Balaban J connectivity index is 2.05. The van der Waals surface area contributed by atoms with Gasteiger partial charge in [-0.05, 0) is 30.9 Å². The maximum atomic E-state index is 2.44. The zero-order valence-electron chi connectivity index (χ0n) is 17.3. The van der Waals surface area contributed by atoms with Crippen LogP contribution in [-0.2, 0) is 0 Å². The van der Waals surface area contributed by atoms with Crippen LogP contribution in [0.3, 0.4) is 0 Å². The van der Waals surface area contributed by atoms with Gasteiger partial charge in [0.15, 0.2) is 0 Å². The van der Waals surface area contributed by atoms with Gasteiger partial charge >= 0.3 is 0 Å². The van der Waals surface area contributed by atoms with Crippen molar-refractivity contribution in [3.05, 3.63) is 71.8 Å². The molecule has 142 valence electrons. The van der Waals surface area contributed by atoms with E-state index in [9.17, 15) is 0 Å². The predicted molar refractivity (Wildman–Crippen MR) is 115 cm³/mol. The van der Waals surface area contributed by atoms with Crippen LogP contribution in [0.2, 0.25) is 0 Å². The molecule has 2 rings (SSSR count). The second-order valence-electron chi connectivity index (χ2n) is 8.38. The molecular weight excluding hydrogens is 314 g/mol. The summed E-state index contributed by atoms with van der Waals surface area (Å²) in [5.41, 5.74) is 2.88. The third-order valence-corrected chi connectivity index (χ3v) is 6.01. The molecule has 0 bridgehead atoms. The van der Waals surface area contributed by atoms with Gasteiger partial charge in [0.1, 0.15) is 0 Å². The van der Waals surface area contributed by atoms with Gasteiger partial charge in [0.05, 0.1) is 26.7 Å². The maximum absolute atomic E-state index is 2.44. The van der Waals surface area contributed by atoms with E-state index in [1.165, 1.54) is 56.2 Å². The predicted octanol–water partition coefficient (Wildman–Crippen LogP) is 6.64. The van der Waals surface area contributed by atoms with Gasteiger partial charge in [0.2, 0.25) is 0 Å². The van der Waals surface area contributed by atoms with Crippen LogP contribution in [0, 0.1) is 0 Å². The Hall–Kier alpha value is -1.60. The van der Waals surface area contributed by atoms with Gasteiger partial charge in [0, 0.05) is 12.3 Å². The quantitative estimate of drug-likeness (QED) is 0.314. The largest absolute Gasteiger partial charge is 0.326 e. The van der Waals surface area contributed by atoms with Crippen molar-refractivity contribution in [2.75, 3.05) is 20.6 Å². The molecule has 0 heterocycles. The van der Waals surface area contributed by atoms with E-state index in [0.29, 0.717) is 12.0 Å². The molecule has 0 aliphatic heterocycles. The topological polar surface area (TPSA) is 0 Å². The minimum absolute atomic E-state index is 0.477.